The first kappa shape index (κ1) is 19.3. The third kappa shape index (κ3) is 4.34. The molecule has 0 radical (unpaired) electrons. The average Bonchev–Trinajstić information content (AvgIpc) is 2.58. The van der Waals surface area contributed by atoms with Crippen LogP contribution in [0.4, 0.5) is 11.4 Å². The molecule has 2 rings (SSSR count). The predicted molar refractivity (Wildman–Crippen MR) is 101 cm³/mol. The first-order valence-electron chi connectivity index (χ1n) is 7.44. The lowest BCUT2D eigenvalue weighted by Crippen LogP contribution is -2.16. The van der Waals surface area contributed by atoms with E-state index < -0.39 is 10.0 Å². The van der Waals surface area contributed by atoms with E-state index in [2.05, 4.69) is 10.0 Å². The van der Waals surface area contributed by atoms with Gasteiger partial charge in [-0.15, -0.1) is 0 Å². The Morgan fingerprint density at radius 2 is 1.81 bits per heavy atom. The standard InChI is InChI=1S/C18H15ClN4O2S/c1-12-6-7-16(13(2)8-12)23-26(24,25)18-15(19)4-3-5-17(18)22-11-14(9-20)10-21/h3-8,11,22-23H,1-2H3. The number of allylic oxidation sites excluding steroid dienone is 1. The monoisotopic (exact) mass is 386 g/mol. The van der Waals surface area contributed by atoms with Crippen molar-refractivity contribution < 1.29 is 8.42 Å². The number of hydrogen-bond acceptors (Lipinski definition) is 5. The minimum Gasteiger partial charge on any atom is -0.359 e. The number of benzene rings is 2. The number of nitriles is 2. The Morgan fingerprint density at radius 3 is 2.42 bits per heavy atom. The second-order valence-corrected chi connectivity index (χ2v) is 7.49. The van der Waals surface area contributed by atoms with Gasteiger partial charge in [0.15, 0.2) is 0 Å². The summed E-state index contributed by atoms with van der Waals surface area (Å²) in [5, 5.41) is 20.3. The quantitative estimate of drug-likeness (QED) is 0.752. The Balaban J connectivity index is 2.48. The molecule has 0 amide bonds. The number of rotatable bonds is 5. The molecule has 0 atom stereocenters. The van der Waals surface area contributed by atoms with Crippen LogP contribution in [0.2, 0.25) is 5.02 Å². The van der Waals surface area contributed by atoms with Crippen molar-refractivity contribution in [3.05, 3.63) is 64.3 Å². The summed E-state index contributed by atoms with van der Waals surface area (Å²) in [5.41, 5.74) is 2.17. The van der Waals surface area contributed by atoms with Crippen LogP contribution in [0.25, 0.3) is 0 Å². The van der Waals surface area contributed by atoms with E-state index in [-0.39, 0.29) is 21.2 Å². The molecule has 132 valence electrons. The second kappa shape index (κ2) is 7.92. The highest BCUT2D eigenvalue weighted by molar-refractivity contribution is 7.93. The highest BCUT2D eigenvalue weighted by Crippen LogP contribution is 2.31. The molecule has 0 aliphatic carbocycles. The van der Waals surface area contributed by atoms with E-state index >= 15 is 0 Å². The van der Waals surface area contributed by atoms with Gasteiger partial charge in [-0.25, -0.2) is 8.42 Å². The van der Waals surface area contributed by atoms with Crippen LogP contribution in [0, 0.1) is 36.5 Å². The van der Waals surface area contributed by atoms with Crippen LogP contribution in [0.15, 0.2) is 53.1 Å². The number of nitrogens with one attached hydrogen (secondary N) is 2. The van der Waals surface area contributed by atoms with Gasteiger partial charge in [-0.2, -0.15) is 10.5 Å². The van der Waals surface area contributed by atoms with Crippen molar-refractivity contribution in [1.29, 1.82) is 10.5 Å². The molecule has 0 fully saturated rings. The van der Waals surface area contributed by atoms with E-state index in [4.69, 9.17) is 22.1 Å². The van der Waals surface area contributed by atoms with Gasteiger partial charge in [0.25, 0.3) is 10.0 Å². The number of hydrogen-bond donors (Lipinski definition) is 2. The molecule has 0 aromatic heterocycles. The van der Waals surface area contributed by atoms with Crippen LogP contribution < -0.4 is 10.0 Å². The van der Waals surface area contributed by atoms with Gasteiger partial charge in [-0.3, -0.25) is 4.72 Å². The average molecular weight is 387 g/mol. The van der Waals surface area contributed by atoms with E-state index in [9.17, 15) is 8.42 Å². The molecule has 0 unspecified atom stereocenters. The molecule has 2 aromatic carbocycles. The maximum Gasteiger partial charge on any atom is 0.265 e. The van der Waals surface area contributed by atoms with E-state index in [0.29, 0.717) is 5.69 Å². The van der Waals surface area contributed by atoms with Gasteiger partial charge in [-0.1, -0.05) is 35.4 Å². The molecule has 0 saturated heterocycles. The number of halogens is 1. The molecule has 0 spiro atoms. The zero-order valence-electron chi connectivity index (χ0n) is 14.0. The minimum absolute atomic E-state index is 0.0103. The predicted octanol–water partition coefficient (Wildman–Crippen LogP) is 4.10. The summed E-state index contributed by atoms with van der Waals surface area (Å²) >= 11 is 6.12. The van der Waals surface area contributed by atoms with Crippen molar-refractivity contribution in [2.45, 2.75) is 18.7 Å². The van der Waals surface area contributed by atoms with E-state index in [0.717, 1.165) is 17.3 Å². The van der Waals surface area contributed by atoms with E-state index in [1.165, 1.54) is 12.1 Å². The largest absolute Gasteiger partial charge is 0.359 e. The van der Waals surface area contributed by atoms with E-state index in [1.807, 2.05) is 13.0 Å². The molecule has 0 aliphatic heterocycles. The third-order valence-corrected chi connectivity index (χ3v) is 5.37. The van der Waals surface area contributed by atoms with Crippen molar-refractivity contribution in [2.75, 3.05) is 10.0 Å². The first-order chi connectivity index (χ1) is 12.3. The van der Waals surface area contributed by atoms with Crippen molar-refractivity contribution in [3.8, 4) is 12.1 Å². The summed E-state index contributed by atoms with van der Waals surface area (Å²) in [6.45, 7) is 3.71. The van der Waals surface area contributed by atoms with Crippen LogP contribution >= 0.6 is 11.6 Å². The molecule has 6 nitrogen and oxygen atoms in total. The molecule has 0 bridgehead atoms. The molecule has 0 heterocycles. The fraction of sp³-hybridized carbons (Fsp3) is 0.111. The number of anilines is 2. The SMILES string of the molecule is Cc1ccc(NS(=O)(=O)c2c(Cl)cccc2NC=C(C#N)C#N)c(C)c1. The maximum absolute atomic E-state index is 12.9. The van der Waals surface area contributed by atoms with Crippen LogP contribution in [-0.4, -0.2) is 8.42 Å². The van der Waals surface area contributed by atoms with Crippen LogP contribution in [-0.2, 0) is 10.0 Å². The van der Waals surface area contributed by atoms with Crippen LogP contribution in [0.3, 0.4) is 0 Å². The van der Waals surface area contributed by atoms with Crippen molar-refractivity contribution in [3.63, 3.8) is 0 Å². The lowest BCUT2D eigenvalue weighted by atomic mass is 10.1. The Kier molecular flexibility index (Phi) is 5.89. The Labute approximate surface area is 157 Å². The van der Waals surface area contributed by atoms with Gasteiger partial charge in [0, 0.05) is 6.20 Å². The zero-order chi connectivity index (χ0) is 19.3. The van der Waals surface area contributed by atoms with E-state index in [1.54, 1.807) is 37.3 Å². The minimum atomic E-state index is -4.01. The highest BCUT2D eigenvalue weighted by atomic mass is 35.5. The van der Waals surface area contributed by atoms with Gasteiger partial charge in [-0.05, 0) is 37.6 Å². The molecule has 0 saturated carbocycles. The summed E-state index contributed by atoms with van der Waals surface area (Å²) in [6, 6.07) is 13.2. The number of sulfonamides is 1. The summed E-state index contributed by atoms with van der Waals surface area (Å²) < 4.78 is 28.3. The molecular weight excluding hydrogens is 372 g/mol. The van der Waals surface area contributed by atoms with Gasteiger partial charge in [0.2, 0.25) is 0 Å². The molecule has 2 aromatic rings. The molecular formula is C18H15ClN4O2S. The Morgan fingerprint density at radius 1 is 1.12 bits per heavy atom. The first-order valence-corrected chi connectivity index (χ1v) is 9.30. The Bertz CT molecular complexity index is 1050. The van der Waals surface area contributed by atoms with Gasteiger partial charge < -0.3 is 5.32 Å². The fourth-order valence-electron chi connectivity index (χ4n) is 2.26. The fourth-order valence-corrected chi connectivity index (χ4v) is 4.10. The zero-order valence-corrected chi connectivity index (χ0v) is 15.6. The van der Waals surface area contributed by atoms with Gasteiger partial charge in [0.05, 0.1) is 16.4 Å². The Hall–Kier alpha value is -3.00. The summed E-state index contributed by atoms with van der Waals surface area (Å²) in [7, 11) is -4.01. The maximum atomic E-state index is 12.9. The van der Waals surface area contributed by atoms with Crippen molar-refractivity contribution in [2.24, 2.45) is 0 Å². The topological polar surface area (TPSA) is 106 Å². The third-order valence-electron chi connectivity index (χ3n) is 3.47. The lowest BCUT2D eigenvalue weighted by Gasteiger charge is -2.15. The van der Waals surface area contributed by atoms with Crippen LogP contribution in [0.5, 0.6) is 0 Å². The molecule has 0 aliphatic rings. The van der Waals surface area contributed by atoms with Crippen LogP contribution in [0.1, 0.15) is 11.1 Å². The van der Waals surface area contributed by atoms with Crippen molar-refractivity contribution >= 4 is 33.0 Å². The smallest absolute Gasteiger partial charge is 0.265 e. The van der Waals surface area contributed by atoms with Gasteiger partial charge >= 0.3 is 0 Å². The molecule has 2 N–H and O–H groups in total. The van der Waals surface area contributed by atoms with Crippen molar-refractivity contribution in [1.82, 2.24) is 0 Å². The summed E-state index contributed by atoms with van der Waals surface area (Å²) in [4.78, 5) is -0.173. The molecule has 26 heavy (non-hydrogen) atoms. The number of aryl methyl sites for hydroxylation is 2. The summed E-state index contributed by atoms with van der Waals surface area (Å²) in [6.07, 6.45) is 1.13. The second-order valence-electron chi connectivity index (χ2n) is 5.47. The summed E-state index contributed by atoms with van der Waals surface area (Å²) in [5.74, 6) is 0. The van der Waals surface area contributed by atoms with Gasteiger partial charge in [0.1, 0.15) is 22.6 Å². The lowest BCUT2D eigenvalue weighted by molar-refractivity contribution is 0.601. The number of nitrogens with zero attached hydrogens (tertiary/aromatic N) is 2. The molecule has 8 heteroatoms. The normalized spacial score (nSPS) is 10.3. The highest BCUT2D eigenvalue weighted by Gasteiger charge is 2.23.